The van der Waals surface area contributed by atoms with Crippen molar-refractivity contribution in [1.82, 2.24) is 4.90 Å². The van der Waals surface area contributed by atoms with Crippen LogP contribution in [-0.2, 0) is 4.79 Å². The number of hydrogen-bond acceptors (Lipinski definition) is 4. The van der Waals surface area contributed by atoms with Crippen LogP contribution in [0.15, 0.2) is 24.3 Å². The third-order valence-electron chi connectivity index (χ3n) is 3.36. The van der Waals surface area contributed by atoms with Crippen molar-refractivity contribution < 1.29 is 9.90 Å². The zero-order valence-corrected chi connectivity index (χ0v) is 12.0. The molecule has 0 aliphatic carbocycles. The number of carbonyl (C=O) groups excluding carboxylic acids is 1. The van der Waals surface area contributed by atoms with Crippen molar-refractivity contribution in [3.8, 4) is 0 Å². The Bertz CT molecular complexity index is 499. The zero-order valence-electron chi connectivity index (χ0n) is 11.2. The van der Waals surface area contributed by atoms with Crippen molar-refractivity contribution in [1.29, 1.82) is 0 Å². The molecule has 5 nitrogen and oxygen atoms in total. The van der Waals surface area contributed by atoms with Crippen LogP contribution in [0.1, 0.15) is 18.4 Å². The number of benzene rings is 1. The molecule has 0 atom stereocenters. The van der Waals surface area contributed by atoms with E-state index in [4.69, 9.17) is 18.0 Å². The van der Waals surface area contributed by atoms with Gasteiger partial charge >= 0.3 is 0 Å². The zero-order chi connectivity index (χ0) is 14.5. The number of nitrogens with two attached hydrogens (primary N) is 1. The number of amides is 1. The van der Waals surface area contributed by atoms with Crippen molar-refractivity contribution >= 4 is 28.8 Å². The standard InChI is InChI=1S/C14H19N3O2S/c15-14(20)10-2-1-3-11(8-10)16-13(19)9-17-6-4-12(18)5-7-17/h1-3,8,12,18H,4-7,9H2,(H2,15,20)(H,16,19). The van der Waals surface area contributed by atoms with Gasteiger partial charge in [0, 0.05) is 24.3 Å². The second kappa shape index (κ2) is 6.78. The average molecular weight is 293 g/mol. The summed E-state index contributed by atoms with van der Waals surface area (Å²) in [5, 5.41) is 12.3. The van der Waals surface area contributed by atoms with Crippen molar-refractivity contribution in [3.63, 3.8) is 0 Å². The largest absolute Gasteiger partial charge is 0.393 e. The highest BCUT2D eigenvalue weighted by molar-refractivity contribution is 7.80. The molecule has 1 aliphatic rings. The van der Waals surface area contributed by atoms with Crippen LogP contribution in [0.25, 0.3) is 0 Å². The number of nitrogens with one attached hydrogen (secondary N) is 1. The third-order valence-corrected chi connectivity index (χ3v) is 3.59. The quantitative estimate of drug-likeness (QED) is 0.713. The first-order valence-corrected chi connectivity index (χ1v) is 7.05. The smallest absolute Gasteiger partial charge is 0.238 e. The SMILES string of the molecule is NC(=S)c1cccc(NC(=O)CN2CCC(O)CC2)c1. The van der Waals surface area contributed by atoms with E-state index in [1.165, 1.54) is 0 Å². The van der Waals surface area contributed by atoms with Crippen LogP contribution in [0.4, 0.5) is 5.69 Å². The van der Waals surface area contributed by atoms with Gasteiger partial charge < -0.3 is 16.2 Å². The maximum absolute atomic E-state index is 12.0. The molecular weight excluding hydrogens is 274 g/mol. The molecule has 20 heavy (non-hydrogen) atoms. The fourth-order valence-electron chi connectivity index (χ4n) is 2.23. The lowest BCUT2D eigenvalue weighted by Gasteiger charge is -2.28. The minimum Gasteiger partial charge on any atom is -0.393 e. The van der Waals surface area contributed by atoms with E-state index in [0.29, 0.717) is 17.2 Å². The lowest BCUT2D eigenvalue weighted by atomic mass is 10.1. The average Bonchev–Trinajstić information content (AvgIpc) is 2.41. The Kier molecular flexibility index (Phi) is 5.05. The molecule has 6 heteroatoms. The maximum Gasteiger partial charge on any atom is 0.238 e. The molecule has 1 fully saturated rings. The summed E-state index contributed by atoms with van der Waals surface area (Å²) in [4.78, 5) is 14.3. The van der Waals surface area contributed by atoms with Gasteiger partial charge in [-0.05, 0) is 25.0 Å². The number of hydrogen-bond donors (Lipinski definition) is 3. The Morgan fingerprint density at radius 1 is 1.45 bits per heavy atom. The molecule has 1 amide bonds. The van der Waals surface area contributed by atoms with Crippen molar-refractivity contribution in [2.45, 2.75) is 18.9 Å². The molecule has 1 aliphatic heterocycles. The molecule has 1 aromatic rings. The molecular formula is C14H19N3O2S. The summed E-state index contributed by atoms with van der Waals surface area (Å²) < 4.78 is 0. The summed E-state index contributed by atoms with van der Waals surface area (Å²) in [5.74, 6) is -0.0681. The summed E-state index contributed by atoms with van der Waals surface area (Å²) >= 11 is 4.91. The Balaban J connectivity index is 1.88. The van der Waals surface area contributed by atoms with E-state index in [9.17, 15) is 9.90 Å². The van der Waals surface area contributed by atoms with E-state index in [1.54, 1.807) is 18.2 Å². The van der Waals surface area contributed by atoms with Crippen molar-refractivity contribution in [3.05, 3.63) is 29.8 Å². The van der Waals surface area contributed by atoms with E-state index < -0.39 is 0 Å². The predicted octanol–water partition coefficient (Wildman–Crippen LogP) is 0.716. The van der Waals surface area contributed by atoms with Crippen LogP contribution in [0, 0.1) is 0 Å². The van der Waals surface area contributed by atoms with Crippen LogP contribution in [-0.4, -0.2) is 46.6 Å². The number of aliphatic hydroxyl groups excluding tert-OH is 1. The van der Waals surface area contributed by atoms with Gasteiger partial charge in [-0.1, -0.05) is 24.4 Å². The van der Waals surface area contributed by atoms with Crippen LogP contribution < -0.4 is 11.1 Å². The summed E-state index contributed by atoms with van der Waals surface area (Å²) in [6.07, 6.45) is 1.23. The molecule has 2 rings (SSSR count). The number of carbonyl (C=O) groups is 1. The van der Waals surface area contributed by atoms with E-state index in [1.807, 2.05) is 11.0 Å². The molecule has 1 aromatic carbocycles. The Hall–Kier alpha value is -1.50. The van der Waals surface area contributed by atoms with Gasteiger partial charge in [0.2, 0.25) is 5.91 Å². The first-order chi connectivity index (χ1) is 9.54. The number of thiocarbonyl (C=S) groups is 1. The first-order valence-electron chi connectivity index (χ1n) is 6.65. The van der Waals surface area contributed by atoms with Gasteiger partial charge in [-0.25, -0.2) is 0 Å². The highest BCUT2D eigenvalue weighted by atomic mass is 32.1. The number of piperidine rings is 1. The summed E-state index contributed by atoms with van der Waals surface area (Å²) in [5.41, 5.74) is 6.99. The van der Waals surface area contributed by atoms with Crippen LogP contribution in [0.3, 0.4) is 0 Å². The number of aliphatic hydroxyl groups is 1. The van der Waals surface area contributed by atoms with E-state index in [0.717, 1.165) is 31.5 Å². The maximum atomic E-state index is 12.0. The number of nitrogens with zero attached hydrogens (tertiary/aromatic N) is 1. The molecule has 0 saturated carbocycles. The lowest BCUT2D eigenvalue weighted by molar-refractivity contribution is -0.117. The minimum atomic E-state index is -0.225. The monoisotopic (exact) mass is 293 g/mol. The topological polar surface area (TPSA) is 78.6 Å². The molecule has 0 unspecified atom stereocenters. The van der Waals surface area contributed by atoms with E-state index in [-0.39, 0.29) is 12.0 Å². The molecule has 1 heterocycles. The summed E-state index contributed by atoms with van der Waals surface area (Å²) in [7, 11) is 0. The van der Waals surface area contributed by atoms with E-state index >= 15 is 0 Å². The van der Waals surface area contributed by atoms with Gasteiger partial charge in [0.15, 0.2) is 0 Å². The normalized spacial score (nSPS) is 16.9. The predicted molar refractivity (Wildman–Crippen MR) is 82.6 cm³/mol. The summed E-state index contributed by atoms with van der Waals surface area (Å²) in [6.45, 7) is 1.84. The first kappa shape index (κ1) is 14.9. The fourth-order valence-corrected chi connectivity index (χ4v) is 2.36. The Morgan fingerprint density at radius 3 is 2.80 bits per heavy atom. The van der Waals surface area contributed by atoms with Gasteiger partial charge in [0.05, 0.1) is 12.6 Å². The van der Waals surface area contributed by atoms with Crippen LogP contribution in [0.5, 0.6) is 0 Å². The number of rotatable bonds is 4. The highest BCUT2D eigenvalue weighted by Gasteiger charge is 2.18. The van der Waals surface area contributed by atoms with Crippen LogP contribution in [0.2, 0.25) is 0 Å². The second-order valence-corrected chi connectivity index (χ2v) is 5.44. The molecule has 1 saturated heterocycles. The summed E-state index contributed by atoms with van der Waals surface area (Å²) in [6, 6.07) is 7.19. The third kappa shape index (κ3) is 4.26. The van der Waals surface area contributed by atoms with Crippen molar-refractivity contribution in [2.24, 2.45) is 5.73 Å². The molecule has 4 N–H and O–H groups in total. The van der Waals surface area contributed by atoms with Gasteiger partial charge in [-0.2, -0.15) is 0 Å². The molecule has 0 bridgehead atoms. The van der Waals surface area contributed by atoms with Crippen molar-refractivity contribution in [2.75, 3.05) is 25.0 Å². The minimum absolute atomic E-state index is 0.0681. The van der Waals surface area contributed by atoms with Gasteiger partial charge in [0.1, 0.15) is 4.99 Å². The second-order valence-electron chi connectivity index (χ2n) is 5.00. The molecule has 0 aromatic heterocycles. The lowest BCUT2D eigenvalue weighted by Crippen LogP contribution is -2.40. The van der Waals surface area contributed by atoms with Gasteiger partial charge in [0.25, 0.3) is 0 Å². The van der Waals surface area contributed by atoms with E-state index in [2.05, 4.69) is 5.32 Å². The molecule has 108 valence electrons. The molecule has 0 spiro atoms. The molecule has 0 radical (unpaired) electrons. The highest BCUT2D eigenvalue weighted by Crippen LogP contribution is 2.12. The number of anilines is 1. The Labute approximate surface area is 123 Å². The fraction of sp³-hybridized carbons (Fsp3) is 0.429. The van der Waals surface area contributed by atoms with Crippen LogP contribution >= 0.6 is 12.2 Å². The Morgan fingerprint density at radius 2 is 2.15 bits per heavy atom. The number of likely N-dealkylation sites (tertiary alicyclic amines) is 1. The van der Waals surface area contributed by atoms with Gasteiger partial charge in [-0.3, -0.25) is 9.69 Å². The van der Waals surface area contributed by atoms with Gasteiger partial charge in [-0.15, -0.1) is 0 Å².